The Kier molecular flexibility index (Phi) is 3.93. The lowest BCUT2D eigenvalue weighted by atomic mass is 9.89. The summed E-state index contributed by atoms with van der Waals surface area (Å²) in [6, 6.07) is 0. The van der Waals surface area contributed by atoms with Gasteiger partial charge in [0, 0.05) is 18.5 Å². The Labute approximate surface area is 143 Å². The number of aromatic nitrogens is 4. The van der Waals surface area contributed by atoms with Crippen LogP contribution in [0.15, 0.2) is 6.33 Å². The summed E-state index contributed by atoms with van der Waals surface area (Å²) in [7, 11) is 1.60. The van der Waals surface area contributed by atoms with Crippen LogP contribution in [0.2, 0.25) is 0 Å². The van der Waals surface area contributed by atoms with E-state index in [1.54, 1.807) is 29.3 Å². The molecule has 8 heteroatoms. The topological polar surface area (TPSA) is 81.4 Å². The highest BCUT2D eigenvalue weighted by molar-refractivity contribution is 7.19. The Morgan fingerprint density at radius 1 is 1.54 bits per heavy atom. The van der Waals surface area contributed by atoms with Crippen molar-refractivity contribution in [3.8, 4) is 0 Å². The van der Waals surface area contributed by atoms with E-state index in [1.807, 2.05) is 0 Å². The monoisotopic (exact) mass is 345 g/mol. The largest absolute Gasteiger partial charge is 0.383 e. The van der Waals surface area contributed by atoms with Gasteiger partial charge < -0.3 is 10.1 Å². The first-order chi connectivity index (χ1) is 11.7. The maximum atomic E-state index is 12.2. The van der Waals surface area contributed by atoms with Crippen molar-refractivity contribution in [3.63, 3.8) is 0 Å². The highest BCUT2D eigenvalue weighted by Crippen LogP contribution is 2.38. The van der Waals surface area contributed by atoms with Gasteiger partial charge in [0.1, 0.15) is 11.2 Å². The van der Waals surface area contributed by atoms with E-state index in [0.29, 0.717) is 19.1 Å². The van der Waals surface area contributed by atoms with Crippen molar-refractivity contribution >= 4 is 33.1 Å². The molecule has 3 aromatic rings. The van der Waals surface area contributed by atoms with E-state index >= 15 is 0 Å². The normalized spacial score (nSPS) is 17.3. The molecule has 0 aliphatic heterocycles. The second kappa shape index (κ2) is 6.10. The molecule has 1 amide bonds. The van der Waals surface area contributed by atoms with Crippen molar-refractivity contribution < 1.29 is 9.53 Å². The molecule has 0 fully saturated rings. The van der Waals surface area contributed by atoms with Crippen molar-refractivity contribution in [2.75, 3.05) is 20.3 Å². The van der Waals surface area contributed by atoms with Gasteiger partial charge in [-0.05, 0) is 30.7 Å². The minimum Gasteiger partial charge on any atom is -0.383 e. The maximum absolute atomic E-state index is 12.2. The predicted molar refractivity (Wildman–Crippen MR) is 91.6 cm³/mol. The van der Waals surface area contributed by atoms with Crippen molar-refractivity contribution in [1.29, 1.82) is 0 Å². The fourth-order valence-corrected chi connectivity index (χ4v) is 4.53. The number of methoxy groups -OCH3 is 1. The molecule has 126 valence electrons. The number of nitrogens with zero attached hydrogens (tertiary/aromatic N) is 4. The van der Waals surface area contributed by atoms with E-state index in [1.165, 1.54) is 16.9 Å². The number of thiophene rings is 1. The SMILES string of the molecule is COCCNC(=O)c1nc2c3c4c(sc3ncn2n1)C[C@@H](C)CC4. The van der Waals surface area contributed by atoms with Gasteiger partial charge in [-0.25, -0.2) is 14.5 Å². The first-order valence-corrected chi connectivity index (χ1v) is 8.91. The van der Waals surface area contributed by atoms with Gasteiger partial charge in [-0.1, -0.05) is 6.92 Å². The van der Waals surface area contributed by atoms with Crippen LogP contribution < -0.4 is 5.32 Å². The number of ether oxygens (including phenoxy) is 1. The quantitative estimate of drug-likeness (QED) is 0.730. The highest BCUT2D eigenvalue weighted by Gasteiger charge is 2.24. The Morgan fingerprint density at radius 2 is 2.42 bits per heavy atom. The van der Waals surface area contributed by atoms with Gasteiger partial charge in [-0.2, -0.15) is 0 Å². The molecule has 0 saturated carbocycles. The molecule has 1 N–H and O–H groups in total. The van der Waals surface area contributed by atoms with Crippen LogP contribution in [0.4, 0.5) is 0 Å². The lowest BCUT2D eigenvalue weighted by Gasteiger charge is -2.17. The van der Waals surface area contributed by atoms with Crippen LogP contribution >= 0.6 is 11.3 Å². The van der Waals surface area contributed by atoms with Gasteiger partial charge in [-0.3, -0.25) is 4.79 Å². The van der Waals surface area contributed by atoms with Gasteiger partial charge in [0.2, 0.25) is 5.82 Å². The summed E-state index contributed by atoms with van der Waals surface area (Å²) in [5, 5.41) is 8.09. The number of fused-ring (bicyclic) bond motifs is 5. The van der Waals surface area contributed by atoms with E-state index < -0.39 is 0 Å². The molecular formula is C16H19N5O2S. The van der Waals surface area contributed by atoms with Crippen LogP contribution in [0.1, 0.15) is 34.4 Å². The Bertz CT molecular complexity index is 916. The molecule has 1 atom stereocenters. The van der Waals surface area contributed by atoms with E-state index in [2.05, 4.69) is 27.3 Å². The highest BCUT2D eigenvalue weighted by atomic mass is 32.1. The molecule has 0 radical (unpaired) electrons. The summed E-state index contributed by atoms with van der Waals surface area (Å²) >= 11 is 1.74. The number of aryl methyl sites for hydroxylation is 1. The molecule has 24 heavy (non-hydrogen) atoms. The average Bonchev–Trinajstić information content (AvgIpc) is 3.14. The number of carbonyl (C=O) groups excluding carboxylic acids is 1. The summed E-state index contributed by atoms with van der Waals surface area (Å²) in [6.07, 6.45) is 4.96. The number of hydrogen-bond donors (Lipinski definition) is 1. The van der Waals surface area contributed by atoms with Crippen LogP contribution in [0, 0.1) is 5.92 Å². The molecule has 7 nitrogen and oxygen atoms in total. The van der Waals surface area contributed by atoms with Crippen molar-refractivity contribution in [2.24, 2.45) is 5.92 Å². The Balaban J connectivity index is 1.76. The van der Waals surface area contributed by atoms with E-state index in [0.717, 1.165) is 28.7 Å². The molecule has 4 rings (SSSR count). The molecule has 0 bridgehead atoms. The third-order valence-electron chi connectivity index (χ3n) is 4.43. The third-order valence-corrected chi connectivity index (χ3v) is 5.59. The summed E-state index contributed by atoms with van der Waals surface area (Å²) in [5.74, 6) is 0.590. The summed E-state index contributed by atoms with van der Waals surface area (Å²) < 4.78 is 6.55. The smallest absolute Gasteiger partial charge is 0.291 e. The Morgan fingerprint density at radius 3 is 3.25 bits per heavy atom. The minimum absolute atomic E-state index is 0.171. The zero-order chi connectivity index (χ0) is 16.7. The third kappa shape index (κ3) is 2.55. The van der Waals surface area contributed by atoms with E-state index in [9.17, 15) is 4.79 Å². The number of hydrogen-bond acceptors (Lipinski definition) is 6. The molecule has 3 aromatic heterocycles. The number of carbonyl (C=O) groups is 1. The van der Waals surface area contributed by atoms with Crippen molar-refractivity contribution in [2.45, 2.75) is 26.2 Å². The number of nitrogens with one attached hydrogen (secondary N) is 1. The lowest BCUT2D eigenvalue weighted by molar-refractivity contribution is 0.0927. The fourth-order valence-electron chi connectivity index (χ4n) is 3.18. The van der Waals surface area contributed by atoms with Crippen LogP contribution in [0.3, 0.4) is 0 Å². The zero-order valence-corrected chi connectivity index (χ0v) is 14.5. The molecule has 0 spiro atoms. The van der Waals surface area contributed by atoms with E-state index in [-0.39, 0.29) is 11.7 Å². The van der Waals surface area contributed by atoms with Crippen molar-refractivity contribution in [3.05, 3.63) is 22.6 Å². The van der Waals surface area contributed by atoms with Crippen LogP contribution in [-0.2, 0) is 17.6 Å². The van der Waals surface area contributed by atoms with E-state index in [4.69, 9.17) is 4.74 Å². The molecule has 0 aromatic carbocycles. The van der Waals surface area contributed by atoms with Gasteiger partial charge in [0.25, 0.3) is 5.91 Å². The summed E-state index contributed by atoms with van der Waals surface area (Å²) in [5.41, 5.74) is 2.06. The van der Waals surface area contributed by atoms with Gasteiger partial charge in [0.05, 0.1) is 12.0 Å². The number of rotatable bonds is 4. The van der Waals surface area contributed by atoms with Crippen LogP contribution in [0.25, 0.3) is 15.9 Å². The second-order valence-corrected chi connectivity index (χ2v) is 7.31. The number of amides is 1. The van der Waals surface area contributed by atoms with Crippen LogP contribution in [-0.4, -0.2) is 45.8 Å². The molecule has 1 aliphatic carbocycles. The molecular weight excluding hydrogens is 326 g/mol. The standard InChI is InChI=1S/C16H19N5O2S/c1-9-3-4-10-11(7-9)24-16-12(10)14-19-13(20-21(14)8-18-16)15(22)17-5-6-23-2/h8-9H,3-7H2,1-2H3,(H,17,22)/t9-/m0/s1. The van der Waals surface area contributed by atoms with Crippen molar-refractivity contribution in [1.82, 2.24) is 24.9 Å². The molecule has 3 heterocycles. The summed E-state index contributed by atoms with van der Waals surface area (Å²) in [4.78, 5) is 23.6. The molecule has 0 unspecified atom stereocenters. The maximum Gasteiger partial charge on any atom is 0.291 e. The average molecular weight is 345 g/mol. The second-order valence-electron chi connectivity index (χ2n) is 6.23. The minimum atomic E-state index is -0.290. The lowest BCUT2D eigenvalue weighted by Crippen LogP contribution is -2.27. The van der Waals surface area contributed by atoms with Gasteiger partial charge in [0.15, 0.2) is 5.65 Å². The fraction of sp³-hybridized carbons (Fsp3) is 0.500. The Hall–Kier alpha value is -2.06. The first-order valence-electron chi connectivity index (χ1n) is 8.10. The van der Waals surface area contributed by atoms with Gasteiger partial charge >= 0.3 is 0 Å². The predicted octanol–water partition coefficient (Wildman–Crippen LogP) is 1.84. The molecule has 0 saturated heterocycles. The first kappa shape index (κ1) is 15.5. The zero-order valence-electron chi connectivity index (χ0n) is 13.7. The summed E-state index contributed by atoms with van der Waals surface area (Å²) in [6.45, 7) is 3.18. The molecule has 1 aliphatic rings. The van der Waals surface area contributed by atoms with Crippen LogP contribution in [0.5, 0.6) is 0 Å². The van der Waals surface area contributed by atoms with Gasteiger partial charge in [-0.15, -0.1) is 16.4 Å².